The van der Waals surface area contributed by atoms with E-state index in [1.165, 1.54) is 32.1 Å². The Morgan fingerprint density at radius 3 is 3.00 bits per heavy atom. The fourth-order valence-electron chi connectivity index (χ4n) is 2.25. The maximum Gasteiger partial charge on any atom is 0.0728 e. The molecule has 0 amide bonds. The fourth-order valence-corrected chi connectivity index (χ4v) is 2.25. The van der Waals surface area contributed by atoms with Gasteiger partial charge in [-0.3, -0.25) is 0 Å². The quantitative estimate of drug-likeness (QED) is 0.516. The molecule has 0 spiro atoms. The van der Waals surface area contributed by atoms with Gasteiger partial charge in [0.15, 0.2) is 0 Å². The number of rotatable bonds is 7. The van der Waals surface area contributed by atoms with Gasteiger partial charge in [0.1, 0.15) is 0 Å². The molecule has 0 aliphatic carbocycles. The van der Waals surface area contributed by atoms with Gasteiger partial charge in [0, 0.05) is 12.6 Å². The molecule has 0 aromatic heterocycles. The molecule has 2 unspecified atom stereocenters. The molecule has 0 bridgehead atoms. The minimum absolute atomic E-state index is 0.448. The number of hydrogen-bond acceptors (Lipinski definition) is 2. The van der Waals surface area contributed by atoms with E-state index in [0.29, 0.717) is 12.1 Å². The maximum atomic E-state index is 5.83. The fraction of sp³-hybridized carbons (Fsp3) is 0.846. The predicted octanol–water partition coefficient (Wildman–Crippen LogP) is 2.89. The molecule has 0 radical (unpaired) electrons. The number of nitrogens with one attached hydrogen (secondary N) is 1. The average molecular weight is 211 g/mol. The zero-order valence-corrected chi connectivity index (χ0v) is 10.0. The molecule has 1 heterocycles. The van der Waals surface area contributed by atoms with Crippen LogP contribution in [0.25, 0.3) is 0 Å². The first-order chi connectivity index (χ1) is 7.38. The topological polar surface area (TPSA) is 21.3 Å². The summed E-state index contributed by atoms with van der Waals surface area (Å²) in [6.07, 6.45) is 9.80. The van der Waals surface area contributed by atoms with Gasteiger partial charge in [-0.2, -0.15) is 0 Å². The second-order valence-corrected chi connectivity index (χ2v) is 4.29. The average Bonchev–Trinajstić information content (AvgIpc) is 2.29. The van der Waals surface area contributed by atoms with E-state index in [0.717, 1.165) is 19.6 Å². The normalized spacial score (nSPS) is 23.7. The van der Waals surface area contributed by atoms with Crippen LogP contribution in [0.3, 0.4) is 0 Å². The van der Waals surface area contributed by atoms with Crippen molar-refractivity contribution in [3.8, 4) is 0 Å². The Kier molecular flexibility index (Phi) is 6.69. The van der Waals surface area contributed by atoms with Crippen LogP contribution in [0.1, 0.15) is 45.4 Å². The molecular formula is C13H25NO. The molecule has 2 atom stereocenters. The number of likely N-dealkylation sites (N-methyl/N-ethyl adjacent to an activating group) is 1. The standard InChI is InChI=1S/C13H25NO/c1-3-5-6-9-12(14-4-2)13-10-7-8-11-15-13/h3,12-14H,1,4-11H2,2H3. The summed E-state index contributed by atoms with van der Waals surface area (Å²) >= 11 is 0. The molecule has 15 heavy (non-hydrogen) atoms. The third kappa shape index (κ3) is 4.80. The lowest BCUT2D eigenvalue weighted by molar-refractivity contribution is -0.00925. The summed E-state index contributed by atoms with van der Waals surface area (Å²) in [6.45, 7) is 7.93. The van der Waals surface area contributed by atoms with Gasteiger partial charge in [0.05, 0.1) is 6.10 Å². The van der Waals surface area contributed by atoms with E-state index < -0.39 is 0 Å². The summed E-state index contributed by atoms with van der Waals surface area (Å²) in [6, 6.07) is 0.551. The Morgan fingerprint density at radius 2 is 2.40 bits per heavy atom. The Morgan fingerprint density at radius 1 is 1.53 bits per heavy atom. The van der Waals surface area contributed by atoms with Crippen molar-refractivity contribution in [1.29, 1.82) is 0 Å². The molecule has 2 nitrogen and oxygen atoms in total. The van der Waals surface area contributed by atoms with Crippen molar-refractivity contribution in [3.63, 3.8) is 0 Å². The van der Waals surface area contributed by atoms with E-state index in [-0.39, 0.29) is 0 Å². The molecule has 0 saturated carbocycles. The third-order valence-corrected chi connectivity index (χ3v) is 3.05. The van der Waals surface area contributed by atoms with Crippen LogP contribution >= 0.6 is 0 Å². The van der Waals surface area contributed by atoms with Gasteiger partial charge in [0.25, 0.3) is 0 Å². The first-order valence-electron chi connectivity index (χ1n) is 6.34. The van der Waals surface area contributed by atoms with E-state index in [4.69, 9.17) is 4.74 Å². The summed E-state index contributed by atoms with van der Waals surface area (Å²) in [5.74, 6) is 0. The smallest absolute Gasteiger partial charge is 0.0728 e. The van der Waals surface area contributed by atoms with Gasteiger partial charge >= 0.3 is 0 Å². The number of ether oxygens (including phenoxy) is 1. The highest BCUT2D eigenvalue weighted by molar-refractivity contribution is 4.80. The van der Waals surface area contributed by atoms with Crippen LogP contribution in [-0.4, -0.2) is 25.3 Å². The Hall–Kier alpha value is -0.340. The molecule has 0 aromatic rings. The minimum atomic E-state index is 0.448. The molecule has 1 N–H and O–H groups in total. The highest BCUT2D eigenvalue weighted by Gasteiger charge is 2.22. The molecule has 2 heteroatoms. The van der Waals surface area contributed by atoms with Crippen molar-refractivity contribution < 1.29 is 4.74 Å². The Balaban J connectivity index is 2.29. The van der Waals surface area contributed by atoms with Gasteiger partial charge < -0.3 is 10.1 Å². The largest absolute Gasteiger partial charge is 0.377 e. The summed E-state index contributed by atoms with van der Waals surface area (Å²) in [5, 5.41) is 3.55. The van der Waals surface area contributed by atoms with Crippen molar-refractivity contribution in [2.75, 3.05) is 13.2 Å². The van der Waals surface area contributed by atoms with Gasteiger partial charge in [-0.1, -0.05) is 13.0 Å². The molecule has 1 fully saturated rings. The molecular weight excluding hydrogens is 186 g/mol. The van der Waals surface area contributed by atoms with Gasteiger partial charge in [-0.25, -0.2) is 0 Å². The third-order valence-electron chi connectivity index (χ3n) is 3.05. The summed E-state index contributed by atoms with van der Waals surface area (Å²) in [7, 11) is 0. The Bertz CT molecular complexity index is 164. The summed E-state index contributed by atoms with van der Waals surface area (Å²) < 4.78 is 5.83. The van der Waals surface area contributed by atoms with E-state index >= 15 is 0 Å². The molecule has 1 aliphatic heterocycles. The monoisotopic (exact) mass is 211 g/mol. The van der Waals surface area contributed by atoms with Gasteiger partial charge in [-0.05, 0) is 45.1 Å². The van der Waals surface area contributed by atoms with Crippen LogP contribution in [0.15, 0.2) is 12.7 Å². The van der Waals surface area contributed by atoms with Gasteiger partial charge in [0.2, 0.25) is 0 Å². The van der Waals surface area contributed by atoms with Crippen LogP contribution in [0.4, 0.5) is 0 Å². The van der Waals surface area contributed by atoms with Crippen LogP contribution in [0.5, 0.6) is 0 Å². The highest BCUT2D eigenvalue weighted by Crippen LogP contribution is 2.19. The second-order valence-electron chi connectivity index (χ2n) is 4.29. The first-order valence-corrected chi connectivity index (χ1v) is 6.34. The molecule has 0 aromatic carbocycles. The van der Waals surface area contributed by atoms with Crippen molar-refractivity contribution in [3.05, 3.63) is 12.7 Å². The van der Waals surface area contributed by atoms with Crippen molar-refractivity contribution >= 4 is 0 Å². The van der Waals surface area contributed by atoms with E-state index in [1.54, 1.807) is 0 Å². The van der Waals surface area contributed by atoms with Crippen LogP contribution in [0, 0.1) is 0 Å². The lowest BCUT2D eigenvalue weighted by Gasteiger charge is -2.31. The van der Waals surface area contributed by atoms with Crippen molar-refractivity contribution in [2.45, 2.75) is 57.6 Å². The number of hydrogen-bond donors (Lipinski definition) is 1. The summed E-state index contributed by atoms with van der Waals surface area (Å²) in [4.78, 5) is 0. The second kappa shape index (κ2) is 7.89. The lowest BCUT2D eigenvalue weighted by atomic mass is 9.97. The van der Waals surface area contributed by atoms with E-state index in [9.17, 15) is 0 Å². The first kappa shape index (κ1) is 12.7. The zero-order valence-electron chi connectivity index (χ0n) is 10.0. The predicted molar refractivity (Wildman–Crippen MR) is 65.1 cm³/mol. The summed E-state index contributed by atoms with van der Waals surface area (Å²) in [5.41, 5.74) is 0. The SMILES string of the molecule is C=CCCCC(NCC)C1CCCCO1. The minimum Gasteiger partial charge on any atom is -0.377 e. The van der Waals surface area contributed by atoms with E-state index in [2.05, 4.69) is 18.8 Å². The number of allylic oxidation sites excluding steroid dienone is 1. The maximum absolute atomic E-state index is 5.83. The molecule has 1 saturated heterocycles. The van der Waals surface area contributed by atoms with Crippen molar-refractivity contribution in [2.24, 2.45) is 0 Å². The van der Waals surface area contributed by atoms with Crippen LogP contribution in [-0.2, 0) is 4.74 Å². The van der Waals surface area contributed by atoms with Gasteiger partial charge in [-0.15, -0.1) is 6.58 Å². The zero-order chi connectivity index (χ0) is 10.9. The van der Waals surface area contributed by atoms with Crippen molar-refractivity contribution in [1.82, 2.24) is 5.32 Å². The number of unbranched alkanes of at least 4 members (excludes halogenated alkanes) is 1. The lowest BCUT2D eigenvalue weighted by Crippen LogP contribution is -2.42. The molecule has 1 rings (SSSR count). The van der Waals surface area contributed by atoms with Crippen LogP contribution < -0.4 is 5.32 Å². The van der Waals surface area contributed by atoms with E-state index in [1.807, 2.05) is 6.08 Å². The highest BCUT2D eigenvalue weighted by atomic mass is 16.5. The van der Waals surface area contributed by atoms with Crippen LogP contribution in [0.2, 0.25) is 0 Å². The Labute approximate surface area is 94.1 Å². The molecule has 1 aliphatic rings. The molecule has 88 valence electrons.